The van der Waals surface area contributed by atoms with Crippen molar-refractivity contribution < 1.29 is 35.4 Å². The van der Waals surface area contributed by atoms with E-state index in [-0.39, 0.29) is 40.8 Å². The van der Waals surface area contributed by atoms with Gasteiger partial charge in [-0.05, 0) is 77.2 Å². The van der Waals surface area contributed by atoms with Gasteiger partial charge in [0.15, 0.2) is 0 Å². The molecule has 0 radical (unpaired) electrons. The highest BCUT2D eigenvalue weighted by atomic mass is 32.2. The van der Waals surface area contributed by atoms with Crippen LogP contribution in [0.3, 0.4) is 0 Å². The van der Waals surface area contributed by atoms with Gasteiger partial charge in [0.25, 0.3) is 20.2 Å². The third kappa shape index (κ3) is 4.70. The molecule has 0 saturated carbocycles. The highest BCUT2D eigenvalue weighted by molar-refractivity contribution is 7.86. The summed E-state index contributed by atoms with van der Waals surface area (Å²) in [6, 6.07) is 18.2. The lowest BCUT2D eigenvalue weighted by Crippen LogP contribution is -2.04. The Morgan fingerprint density at radius 1 is 0.595 bits per heavy atom. The fraction of sp³-hybridized carbons (Fsp3) is 0.0400. The first-order chi connectivity index (χ1) is 17.4. The van der Waals surface area contributed by atoms with Gasteiger partial charge in [0.05, 0.1) is 11.4 Å². The Kier molecular flexibility index (Phi) is 5.83. The van der Waals surface area contributed by atoms with Gasteiger partial charge in [-0.1, -0.05) is 24.3 Å². The van der Waals surface area contributed by atoms with Crippen molar-refractivity contribution >= 4 is 31.6 Å². The van der Waals surface area contributed by atoms with Gasteiger partial charge in [0.2, 0.25) is 0 Å². The molecular formula is C25H20N2O8S2. The van der Waals surface area contributed by atoms with Gasteiger partial charge in [0, 0.05) is 0 Å². The molecule has 0 saturated heterocycles. The molecule has 0 atom stereocenters. The molecule has 5 rings (SSSR count). The van der Waals surface area contributed by atoms with Crippen LogP contribution in [0.25, 0.3) is 11.1 Å². The number of hydrogen-bond donors (Lipinski definition) is 4. The van der Waals surface area contributed by atoms with Crippen molar-refractivity contribution in [2.75, 3.05) is 11.5 Å². The van der Waals surface area contributed by atoms with Gasteiger partial charge in [-0.15, -0.1) is 0 Å². The first-order valence-corrected chi connectivity index (χ1v) is 13.6. The van der Waals surface area contributed by atoms with E-state index < -0.39 is 30.0 Å². The lowest BCUT2D eigenvalue weighted by molar-refractivity contribution is 0.449. The van der Waals surface area contributed by atoms with E-state index in [0.717, 1.165) is 0 Å². The summed E-state index contributed by atoms with van der Waals surface area (Å²) in [6.45, 7) is 0. The number of nitrogen functional groups attached to an aromatic ring is 2. The molecule has 0 unspecified atom stereocenters. The van der Waals surface area contributed by atoms with Crippen molar-refractivity contribution in [3.05, 3.63) is 83.9 Å². The maximum Gasteiger partial charge on any atom is 0.298 e. The molecule has 10 nitrogen and oxygen atoms in total. The summed E-state index contributed by atoms with van der Waals surface area (Å²) in [5.41, 5.74) is 14.2. The Hall–Kier alpha value is -4.10. The van der Waals surface area contributed by atoms with Crippen LogP contribution < -0.4 is 20.9 Å². The van der Waals surface area contributed by atoms with E-state index in [1.807, 2.05) is 0 Å². The smallest absolute Gasteiger partial charge is 0.298 e. The van der Waals surface area contributed by atoms with Crippen LogP contribution in [-0.2, 0) is 26.7 Å². The standard InChI is InChI=1S/C25H20N2O8S2/c26-18-5-1-3-7-20(18)34-22-10-14-9-15-11-23(35-21-8-4-2-6-19(21)27)25(37(31,32)33)13-17(15)16(14)12-24(22)36(28,29)30/h1-8,10-13H,9,26-27H2,(H,28,29,30)(H,31,32,33). The minimum absolute atomic E-state index is 0.157. The second-order valence-corrected chi connectivity index (χ2v) is 11.1. The molecule has 0 amide bonds. The topological polar surface area (TPSA) is 179 Å². The maximum atomic E-state index is 12.2. The number of hydrogen-bond acceptors (Lipinski definition) is 8. The predicted molar refractivity (Wildman–Crippen MR) is 136 cm³/mol. The van der Waals surface area contributed by atoms with Gasteiger partial charge in [-0.2, -0.15) is 16.8 Å². The second-order valence-electron chi connectivity index (χ2n) is 8.32. The van der Waals surface area contributed by atoms with E-state index in [1.165, 1.54) is 24.3 Å². The summed E-state index contributed by atoms with van der Waals surface area (Å²) in [4.78, 5) is -1.07. The number of para-hydroxylation sites is 4. The minimum atomic E-state index is -4.75. The molecule has 0 aliphatic heterocycles. The highest BCUT2D eigenvalue weighted by Gasteiger charge is 2.30. The molecule has 0 bridgehead atoms. The summed E-state index contributed by atoms with van der Waals surface area (Å²) in [6.07, 6.45) is 0.253. The number of fused-ring (bicyclic) bond motifs is 3. The quantitative estimate of drug-likeness (QED) is 0.177. The minimum Gasteiger partial charge on any atom is -0.454 e. The van der Waals surface area contributed by atoms with Crippen LogP contribution in [0, 0.1) is 0 Å². The molecule has 1 aliphatic rings. The molecule has 6 N–H and O–H groups in total. The first kappa shape index (κ1) is 24.6. The third-order valence-corrected chi connectivity index (χ3v) is 7.59. The average molecular weight is 541 g/mol. The van der Waals surface area contributed by atoms with Crippen molar-refractivity contribution in [1.82, 2.24) is 0 Å². The molecule has 12 heteroatoms. The largest absolute Gasteiger partial charge is 0.454 e. The molecule has 4 aromatic carbocycles. The molecule has 0 fully saturated rings. The molecule has 37 heavy (non-hydrogen) atoms. The van der Waals surface area contributed by atoms with Gasteiger partial charge >= 0.3 is 0 Å². The Morgan fingerprint density at radius 3 is 1.32 bits per heavy atom. The lowest BCUT2D eigenvalue weighted by Gasteiger charge is -2.14. The van der Waals surface area contributed by atoms with Crippen LogP contribution in [0.4, 0.5) is 11.4 Å². The Morgan fingerprint density at radius 2 is 0.973 bits per heavy atom. The summed E-state index contributed by atoms with van der Waals surface area (Å²) < 4.78 is 80.2. The normalized spacial score (nSPS) is 12.6. The Labute approximate surface area is 212 Å². The summed E-state index contributed by atoms with van der Waals surface area (Å²) >= 11 is 0. The van der Waals surface area contributed by atoms with E-state index in [2.05, 4.69) is 0 Å². The van der Waals surface area contributed by atoms with E-state index in [0.29, 0.717) is 22.3 Å². The summed E-state index contributed by atoms with van der Waals surface area (Å²) in [5, 5.41) is 0. The Bertz CT molecular complexity index is 1650. The van der Waals surface area contributed by atoms with E-state index in [9.17, 15) is 25.9 Å². The summed E-state index contributed by atoms with van der Waals surface area (Å²) in [7, 11) is -9.51. The molecule has 0 aromatic heterocycles. The average Bonchev–Trinajstić information content (AvgIpc) is 3.16. The van der Waals surface area contributed by atoms with Crippen LogP contribution in [-0.4, -0.2) is 25.9 Å². The zero-order chi connectivity index (χ0) is 26.5. The van der Waals surface area contributed by atoms with Crippen LogP contribution in [0.2, 0.25) is 0 Å². The van der Waals surface area contributed by atoms with Crippen molar-refractivity contribution in [3.8, 4) is 34.1 Å². The van der Waals surface area contributed by atoms with Crippen molar-refractivity contribution in [2.45, 2.75) is 16.2 Å². The van der Waals surface area contributed by atoms with Gasteiger partial charge < -0.3 is 20.9 Å². The van der Waals surface area contributed by atoms with Crippen LogP contribution in [0.15, 0.2) is 82.6 Å². The summed E-state index contributed by atoms with van der Waals surface area (Å²) in [5.74, 6) is 0.0614. The fourth-order valence-electron chi connectivity index (χ4n) is 4.15. The maximum absolute atomic E-state index is 12.2. The van der Waals surface area contributed by atoms with Crippen LogP contribution in [0.5, 0.6) is 23.0 Å². The van der Waals surface area contributed by atoms with E-state index in [4.69, 9.17) is 20.9 Å². The second kappa shape index (κ2) is 8.78. The third-order valence-electron chi connectivity index (χ3n) is 5.84. The zero-order valence-corrected chi connectivity index (χ0v) is 20.6. The molecule has 0 heterocycles. The van der Waals surface area contributed by atoms with Crippen molar-refractivity contribution in [3.63, 3.8) is 0 Å². The molecule has 1 aliphatic carbocycles. The Balaban J connectivity index is 1.65. The lowest BCUT2D eigenvalue weighted by atomic mass is 10.1. The number of rotatable bonds is 6. The molecule has 190 valence electrons. The van der Waals surface area contributed by atoms with Crippen LogP contribution in [0.1, 0.15) is 11.1 Å². The number of anilines is 2. The molecular weight excluding hydrogens is 520 g/mol. The number of ether oxygens (including phenoxy) is 2. The van der Waals surface area contributed by atoms with Gasteiger partial charge in [0.1, 0.15) is 32.8 Å². The molecule has 0 spiro atoms. The van der Waals surface area contributed by atoms with Crippen molar-refractivity contribution in [2.24, 2.45) is 0 Å². The highest BCUT2D eigenvalue weighted by Crippen LogP contribution is 2.46. The zero-order valence-electron chi connectivity index (χ0n) is 19.0. The van der Waals surface area contributed by atoms with Crippen LogP contribution >= 0.6 is 0 Å². The molecule has 4 aromatic rings. The van der Waals surface area contributed by atoms with Gasteiger partial charge in [-0.3, -0.25) is 9.11 Å². The monoisotopic (exact) mass is 540 g/mol. The SMILES string of the molecule is Nc1ccccc1Oc1cc2c(cc1S(=O)(=O)O)-c1cc(S(=O)(=O)O)c(Oc3ccccc3N)cc1C2. The first-order valence-electron chi connectivity index (χ1n) is 10.8. The number of benzene rings is 4. The van der Waals surface area contributed by atoms with E-state index in [1.54, 1.807) is 48.5 Å². The van der Waals surface area contributed by atoms with Gasteiger partial charge in [-0.25, -0.2) is 0 Å². The van der Waals surface area contributed by atoms with Crippen molar-refractivity contribution in [1.29, 1.82) is 0 Å². The van der Waals surface area contributed by atoms with E-state index >= 15 is 0 Å². The number of nitrogens with two attached hydrogens (primary N) is 2. The predicted octanol–water partition coefficient (Wildman–Crippen LogP) is 4.50. The fourth-order valence-corrected chi connectivity index (χ4v) is 5.39.